The summed E-state index contributed by atoms with van der Waals surface area (Å²) in [5.74, 6) is 1.00. The van der Waals surface area contributed by atoms with Crippen LogP contribution in [0, 0.1) is 5.82 Å². The first-order chi connectivity index (χ1) is 9.10. The van der Waals surface area contributed by atoms with Crippen LogP contribution in [0.4, 0.5) is 4.39 Å². The largest absolute Gasteiger partial charge is 0.485 e. The number of nitrogens with two attached hydrogens (primary N) is 1. The summed E-state index contributed by atoms with van der Waals surface area (Å²) in [5, 5.41) is 3.76. The Hall–Kier alpha value is -1.95. The molecule has 2 rings (SSSR count). The lowest BCUT2D eigenvalue weighted by molar-refractivity contribution is 0.280. The van der Waals surface area contributed by atoms with E-state index >= 15 is 0 Å². The zero-order chi connectivity index (χ0) is 13.8. The summed E-state index contributed by atoms with van der Waals surface area (Å²) < 4.78 is 23.7. The molecule has 2 aromatic rings. The van der Waals surface area contributed by atoms with Crippen LogP contribution in [-0.2, 0) is 13.0 Å². The maximum absolute atomic E-state index is 13.2. The van der Waals surface area contributed by atoms with Gasteiger partial charge in [0.05, 0.1) is 0 Å². The molecule has 1 aromatic carbocycles. The van der Waals surface area contributed by atoms with Gasteiger partial charge in [0.25, 0.3) is 0 Å². The zero-order valence-corrected chi connectivity index (χ0v) is 10.9. The third-order valence-electron chi connectivity index (χ3n) is 2.64. The van der Waals surface area contributed by atoms with Crippen molar-refractivity contribution in [2.45, 2.75) is 32.9 Å². The molecule has 0 bridgehead atoms. The molecule has 1 atom stereocenters. The highest BCUT2D eigenvalue weighted by Crippen LogP contribution is 2.25. The minimum absolute atomic E-state index is 0.118. The molecule has 2 N–H and O–H groups in total. The number of aromatic nitrogens is 2. The first-order valence-electron chi connectivity index (χ1n) is 6.09. The number of hydrogen-bond acceptors (Lipinski definition) is 5. The number of nitrogens with zero attached hydrogens (tertiary/aromatic N) is 2. The summed E-state index contributed by atoms with van der Waals surface area (Å²) in [6, 6.07) is 4.03. The van der Waals surface area contributed by atoms with E-state index in [1.807, 2.05) is 13.8 Å². The van der Waals surface area contributed by atoms with Crippen molar-refractivity contribution in [3.8, 4) is 5.75 Å². The fourth-order valence-corrected chi connectivity index (χ4v) is 1.64. The van der Waals surface area contributed by atoms with Crippen molar-refractivity contribution in [2.24, 2.45) is 5.73 Å². The highest BCUT2D eigenvalue weighted by atomic mass is 19.1. The minimum atomic E-state index is -0.373. The van der Waals surface area contributed by atoms with Gasteiger partial charge in [-0.05, 0) is 13.0 Å². The lowest BCUT2D eigenvalue weighted by atomic mass is 10.1. The summed E-state index contributed by atoms with van der Waals surface area (Å²) in [7, 11) is 0. The number of aryl methyl sites for hydroxylation is 1. The molecule has 0 aliphatic carbocycles. The van der Waals surface area contributed by atoms with Gasteiger partial charge in [-0.3, -0.25) is 0 Å². The molecule has 102 valence electrons. The van der Waals surface area contributed by atoms with Crippen molar-refractivity contribution in [2.75, 3.05) is 0 Å². The molecule has 0 spiro atoms. The summed E-state index contributed by atoms with van der Waals surface area (Å²) in [5.41, 5.74) is 6.54. The maximum atomic E-state index is 13.2. The minimum Gasteiger partial charge on any atom is -0.485 e. The topological polar surface area (TPSA) is 74.2 Å². The van der Waals surface area contributed by atoms with Gasteiger partial charge in [0.2, 0.25) is 11.7 Å². The normalized spacial score (nSPS) is 12.4. The predicted molar refractivity (Wildman–Crippen MR) is 67.0 cm³/mol. The van der Waals surface area contributed by atoms with Crippen molar-refractivity contribution >= 4 is 0 Å². The molecule has 0 saturated heterocycles. The second-order valence-electron chi connectivity index (χ2n) is 4.22. The Labute approximate surface area is 110 Å². The second-order valence-corrected chi connectivity index (χ2v) is 4.22. The van der Waals surface area contributed by atoms with Gasteiger partial charge in [-0.1, -0.05) is 18.1 Å². The monoisotopic (exact) mass is 265 g/mol. The molecule has 5 nitrogen and oxygen atoms in total. The maximum Gasteiger partial charge on any atom is 0.226 e. The van der Waals surface area contributed by atoms with Crippen molar-refractivity contribution in [3.63, 3.8) is 0 Å². The lowest BCUT2D eigenvalue weighted by Gasteiger charge is -2.12. The lowest BCUT2D eigenvalue weighted by Crippen LogP contribution is -2.08. The third kappa shape index (κ3) is 3.29. The highest BCUT2D eigenvalue weighted by Gasteiger charge is 2.11. The van der Waals surface area contributed by atoms with E-state index in [-0.39, 0.29) is 18.5 Å². The SMILES string of the molecule is CCc1nc(COc2cc(F)ccc2[C@@H](C)N)no1. The quantitative estimate of drug-likeness (QED) is 0.898. The molecule has 0 aliphatic heterocycles. The van der Waals surface area contributed by atoms with Crippen LogP contribution in [0.3, 0.4) is 0 Å². The molecule has 0 amide bonds. The Morgan fingerprint density at radius 3 is 2.89 bits per heavy atom. The summed E-state index contributed by atoms with van der Waals surface area (Å²) in [6.07, 6.45) is 0.665. The molecule has 0 fully saturated rings. The standard InChI is InChI=1S/C13H16FN3O2/c1-3-13-16-12(17-19-13)7-18-11-6-9(14)4-5-10(11)8(2)15/h4-6,8H,3,7,15H2,1-2H3/t8-/m1/s1. The Bertz CT molecular complexity index is 555. The van der Waals surface area contributed by atoms with E-state index in [4.69, 9.17) is 15.0 Å². The molecule has 0 unspecified atom stereocenters. The van der Waals surface area contributed by atoms with Crippen molar-refractivity contribution in [3.05, 3.63) is 41.3 Å². The number of halogens is 1. The van der Waals surface area contributed by atoms with E-state index in [9.17, 15) is 4.39 Å². The molecule has 0 aliphatic rings. The van der Waals surface area contributed by atoms with Gasteiger partial charge in [-0.25, -0.2) is 4.39 Å². The van der Waals surface area contributed by atoms with E-state index in [0.717, 1.165) is 5.56 Å². The van der Waals surface area contributed by atoms with Crippen LogP contribution in [-0.4, -0.2) is 10.1 Å². The Balaban J connectivity index is 2.12. The van der Waals surface area contributed by atoms with E-state index in [1.54, 1.807) is 6.07 Å². The molecule has 0 radical (unpaired) electrons. The summed E-state index contributed by atoms with van der Waals surface area (Å²) in [6.45, 7) is 3.84. The number of ether oxygens (including phenoxy) is 1. The van der Waals surface area contributed by atoms with E-state index in [1.165, 1.54) is 12.1 Å². The van der Waals surface area contributed by atoms with Gasteiger partial charge in [0.15, 0.2) is 6.61 Å². The molecule has 1 aromatic heterocycles. The predicted octanol–water partition coefficient (Wildman–Crippen LogP) is 2.37. The number of rotatable bonds is 5. The van der Waals surface area contributed by atoms with Crippen LogP contribution in [0.2, 0.25) is 0 Å². The van der Waals surface area contributed by atoms with Crippen LogP contribution in [0.15, 0.2) is 22.7 Å². The van der Waals surface area contributed by atoms with Crippen LogP contribution in [0.1, 0.15) is 37.2 Å². The van der Waals surface area contributed by atoms with Crippen LogP contribution in [0.25, 0.3) is 0 Å². The third-order valence-corrected chi connectivity index (χ3v) is 2.64. The first-order valence-corrected chi connectivity index (χ1v) is 6.09. The van der Waals surface area contributed by atoms with E-state index in [0.29, 0.717) is 23.9 Å². The Kier molecular flexibility index (Phi) is 4.11. The van der Waals surface area contributed by atoms with Crippen LogP contribution < -0.4 is 10.5 Å². The van der Waals surface area contributed by atoms with Crippen LogP contribution in [0.5, 0.6) is 5.75 Å². The fraction of sp³-hybridized carbons (Fsp3) is 0.385. The Morgan fingerprint density at radius 1 is 1.47 bits per heavy atom. The van der Waals surface area contributed by atoms with Gasteiger partial charge >= 0.3 is 0 Å². The fourth-order valence-electron chi connectivity index (χ4n) is 1.64. The van der Waals surface area contributed by atoms with Gasteiger partial charge in [-0.2, -0.15) is 4.98 Å². The molecule has 19 heavy (non-hydrogen) atoms. The zero-order valence-electron chi connectivity index (χ0n) is 10.9. The van der Waals surface area contributed by atoms with Crippen molar-refractivity contribution in [1.29, 1.82) is 0 Å². The molecular formula is C13H16FN3O2. The first kappa shape index (κ1) is 13.5. The highest BCUT2D eigenvalue weighted by molar-refractivity contribution is 5.36. The van der Waals surface area contributed by atoms with Crippen LogP contribution >= 0.6 is 0 Å². The number of hydrogen-bond donors (Lipinski definition) is 1. The van der Waals surface area contributed by atoms with Crippen molar-refractivity contribution < 1.29 is 13.7 Å². The van der Waals surface area contributed by atoms with Gasteiger partial charge in [-0.15, -0.1) is 0 Å². The average molecular weight is 265 g/mol. The van der Waals surface area contributed by atoms with E-state index in [2.05, 4.69) is 10.1 Å². The molecule has 0 saturated carbocycles. The smallest absolute Gasteiger partial charge is 0.226 e. The van der Waals surface area contributed by atoms with Crippen molar-refractivity contribution in [1.82, 2.24) is 10.1 Å². The molecular weight excluding hydrogens is 249 g/mol. The van der Waals surface area contributed by atoms with Gasteiger partial charge < -0.3 is 15.0 Å². The number of benzene rings is 1. The van der Waals surface area contributed by atoms with E-state index < -0.39 is 0 Å². The molecule has 6 heteroatoms. The Morgan fingerprint density at radius 2 is 2.26 bits per heavy atom. The summed E-state index contributed by atoms with van der Waals surface area (Å²) in [4.78, 5) is 4.11. The van der Waals surface area contributed by atoms with Gasteiger partial charge in [0, 0.05) is 24.1 Å². The second kappa shape index (κ2) is 5.79. The summed E-state index contributed by atoms with van der Waals surface area (Å²) >= 11 is 0. The van der Waals surface area contributed by atoms with Gasteiger partial charge in [0.1, 0.15) is 11.6 Å². The average Bonchev–Trinajstić information content (AvgIpc) is 2.84. The molecule has 1 heterocycles.